The molecule has 3 heteroatoms. The van der Waals surface area contributed by atoms with Crippen LogP contribution in [0.2, 0.25) is 5.02 Å². The highest BCUT2D eigenvalue weighted by atomic mass is 35.5. The minimum atomic E-state index is -0.346. The van der Waals surface area contributed by atoms with E-state index >= 15 is 0 Å². The Balaban J connectivity index is 3.12. The molecule has 0 unspecified atom stereocenters. The standard InChI is InChI=1S/C11H15ClFN/c1-11(2,3)10(14)8-6-7(12)4-5-9(8)13/h4-6,10H,14H2,1-3H3/t10-/m1/s1. The highest BCUT2D eigenvalue weighted by molar-refractivity contribution is 6.30. The summed E-state index contributed by atoms with van der Waals surface area (Å²) >= 11 is 5.79. The van der Waals surface area contributed by atoms with Crippen LogP contribution < -0.4 is 5.73 Å². The van der Waals surface area contributed by atoms with Gasteiger partial charge < -0.3 is 5.73 Å². The first-order chi connectivity index (χ1) is 6.32. The molecule has 0 heterocycles. The third kappa shape index (κ3) is 2.46. The van der Waals surface area contributed by atoms with E-state index < -0.39 is 0 Å². The second-order valence-electron chi connectivity index (χ2n) is 4.51. The number of hydrogen-bond acceptors (Lipinski definition) is 1. The van der Waals surface area contributed by atoms with E-state index in [0.29, 0.717) is 10.6 Å². The number of rotatable bonds is 1. The van der Waals surface area contributed by atoms with Gasteiger partial charge in [0.2, 0.25) is 0 Å². The number of nitrogens with two attached hydrogens (primary N) is 1. The largest absolute Gasteiger partial charge is 0.323 e. The zero-order valence-electron chi connectivity index (χ0n) is 8.64. The molecular formula is C11H15ClFN. The van der Waals surface area contributed by atoms with E-state index in [1.165, 1.54) is 12.1 Å². The zero-order chi connectivity index (χ0) is 10.9. The molecule has 0 saturated heterocycles. The van der Waals surface area contributed by atoms with Gasteiger partial charge in [0.25, 0.3) is 0 Å². The van der Waals surface area contributed by atoms with Gasteiger partial charge in [-0.25, -0.2) is 4.39 Å². The van der Waals surface area contributed by atoms with Crippen molar-refractivity contribution in [2.45, 2.75) is 26.8 Å². The van der Waals surface area contributed by atoms with Crippen molar-refractivity contribution in [2.24, 2.45) is 11.1 Å². The van der Waals surface area contributed by atoms with Crippen LogP contribution in [0.5, 0.6) is 0 Å². The predicted molar refractivity (Wildman–Crippen MR) is 57.8 cm³/mol. The third-order valence-electron chi connectivity index (χ3n) is 2.23. The molecule has 0 spiro atoms. The summed E-state index contributed by atoms with van der Waals surface area (Å²) in [5.41, 5.74) is 6.24. The number of halogens is 2. The second-order valence-corrected chi connectivity index (χ2v) is 4.95. The van der Waals surface area contributed by atoms with Gasteiger partial charge in [0.05, 0.1) is 0 Å². The fourth-order valence-corrected chi connectivity index (χ4v) is 1.40. The quantitative estimate of drug-likeness (QED) is 0.762. The van der Waals surface area contributed by atoms with E-state index in [-0.39, 0.29) is 17.3 Å². The lowest BCUT2D eigenvalue weighted by Gasteiger charge is -2.27. The van der Waals surface area contributed by atoms with Crippen LogP contribution in [0.25, 0.3) is 0 Å². The second kappa shape index (κ2) is 3.87. The van der Waals surface area contributed by atoms with Gasteiger partial charge in [-0.2, -0.15) is 0 Å². The van der Waals surface area contributed by atoms with E-state index in [1.807, 2.05) is 20.8 Å². The van der Waals surface area contributed by atoms with Gasteiger partial charge in [-0.15, -0.1) is 0 Å². The smallest absolute Gasteiger partial charge is 0.128 e. The molecule has 14 heavy (non-hydrogen) atoms. The molecule has 1 aromatic rings. The third-order valence-corrected chi connectivity index (χ3v) is 2.46. The Hall–Kier alpha value is -0.600. The van der Waals surface area contributed by atoms with Crippen molar-refractivity contribution in [3.8, 4) is 0 Å². The summed E-state index contributed by atoms with van der Waals surface area (Å²) in [6, 6.07) is 4.12. The van der Waals surface area contributed by atoms with Crippen molar-refractivity contribution >= 4 is 11.6 Å². The highest BCUT2D eigenvalue weighted by Crippen LogP contribution is 2.32. The summed E-state index contributed by atoms with van der Waals surface area (Å²) in [6.45, 7) is 5.91. The first-order valence-electron chi connectivity index (χ1n) is 4.53. The normalized spacial score (nSPS) is 14.1. The van der Waals surface area contributed by atoms with Gasteiger partial charge in [-0.1, -0.05) is 32.4 Å². The van der Waals surface area contributed by atoms with Gasteiger partial charge >= 0.3 is 0 Å². The average molecular weight is 216 g/mol. The number of benzene rings is 1. The Morgan fingerprint density at radius 2 is 1.93 bits per heavy atom. The molecule has 0 saturated carbocycles. The fourth-order valence-electron chi connectivity index (χ4n) is 1.22. The molecule has 0 bridgehead atoms. The maximum Gasteiger partial charge on any atom is 0.128 e. The van der Waals surface area contributed by atoms with E-state index in [0.717, 1.165) is 0 Å². The lowest BCUT2D eigenvalue weighted by atomic mass is 9.83. The van der Waals surface area contributed by atoms with Crippen molar-refractivity contribution in [3.05, 3.63) is 34.6 Å². The van der Waals surface area contributed by atoms with Gasteiger partial charge in [0.15, 0.2) is 0 Å². The molecule has 1 rings (SSSR count). The first-order valence-corrected chi connectivity index (χ1v) is 4.90. The Kier molecular flexibility index (Phi) is 3.17. The first kappa shape index (κ1) is 11.5. The van der Waals surface area contributed by atoms with Crippen LogP contribution in [0.1, 0.15) is 32.4 Å². The lowest BCUT2D eigenvalue weighted by Crippen LogP contribution is -2.27. The van der Waals surface area contributed by atoms with E-state index in [2.05, 4.69) is 0 Å². The molecular weight excluding hydrogens is 201 g/mol. The van der Waals surface area contributed by atoms with Crippen molar-refractivity contribution in [1.29, 1.82) is 0 Å². The molecule has 0 radical (unpaired) electrons. The van der Waals surface area contributed by atoms with Crippen LogP contribution in [0.3, 0.4) is 0 Å². The Morgan fingerprint density at radius 3 is 2.43 bits per heavy atom. The monoisotopic (exact) mass is 215 g/mol. The topological polar surface area (TPSA) is 26.0 Å². The highest BCUT2D eigenvalue weighted by Gasteiger charge is 2.24. The summed E-state index contributed by atoms with van der Waals surface area (Å²) < 4.78 is 13.4. The summed E-state index contributed by atoms with van der Waals surface area (Å²) in [7, 11) is 0. The molecule has 0 aromatic heterocycles. The van der Waals surface area contributed by atoms with E-state index in [4.69, 9.17) is 17.3 Å². The summed E-state index contributed by atoms with van der Waals surface area (Å²) in [5, 5.41) is 0.515. The maximum absolute atomic E-state index is 13.4. The predicted octanol–water partition coefficient (Wildman–Crippen LogP) is 3.53. The molecule has 0 fully saturated rings. The van der Waals surface area contributed by atoms with Gasteiger partial charge in [0, 0.05) is 16.6 Å². The molecule has 0 aliphatic carbocycles. The maximum atomic E-state index is 13.4. The zero-order valence-corrected chi connectivity index (χ0v) is 9.40. The molecule has 1 nitrogen and oxygen atoms in total. The summed E-state index contributed by atoms with van der Waals surface area (Å²) in [4.78, 5) is 0. The molecule has 0 amide bonds. The van der Waals surface area contributed by atoms with Gasteiger partial charge in [-0.3, -0.25) is 0 Å². The van der Waals surface area contributed by atoms with E-state index in [1.54, 1.807) is 6.07 Å². The van der Waals surface area contributed by atoms with Crippen LogP contribution in [-0.4, -0.2) is 0 Å². The van der Waals surface area contributed by atoms with Crippen molar-refractivity contribution < 1.29 is 4.39 Å². The van der Waals surface area contributed by atoms with Crippen LogP contribution >= 0.6 is 11.6 Å². The van der Waals surface area contributed by atoms with Crippen LogP contribution in [-0.2, 0) is 0 Å². The molecule has 2 N–H and O–H groups in total. The lowest BCUT2D eigenvalue weighted by molar-refractivity contribution is 0.319. The van der Waals surface area contributed by atoms with Crippen LogP contribution in [0, 0.1) is 11.2 Å². The van der Waals surface area contributed by atoms with E-state index in [9.17, 15) is 4.39 Å². The van der Waals surface area contributed by atoms with Gasteiger partial charge in [0.1, 0.15) is 5.82 Å². The summed E-state index contributed by atoms with van der Waals surface area (Å²) in [6.07, 6.45) is 0. The Labute approximate surface area is 89.1 Å². The molecule has 0 aliphatic rings. The van der Waals surface area contributed by atoms with Crippen molar-refractivity contribution in [3.63, 3.8) is 0 Å². The fraction of sp³-hybridized carbons (Fsp3) is 0.455. The molecule has 78 valence electrons. The molecule has 0 aliphatic heterocycles. The van der Waals surface area contributed by atoms with Crippen molar-refractivity contribution in [1.82, 2.24) is 0 Å². The Bertz CT molecular complexity index is 331. The molecule has 1 aromatic carbocycles. The summed E-state index contributed by atoms with van der Waals surface area (Å²) in [5.74, 6) is -0.295. The minimum absolute atomic E-state index is 0.175. The van der Waals surface area contributed by atoms with Crippen LogP contribution in [0.4, 0.5) is 4.39 Å². The Morgan fingerprint density at radius 1 is 1.36 bits per heavy atom. The van der Waals surface area contributed by atoms with Crippen LogP contribution in [0.15, 0.2) is 18.2 Å². The molecule has 1 atom stereocenters. The SMILES string of the molecule is CC(C)(C)[C@H](N)c1cc(Cl)ccc1F. The van der Waals surface area contributed by atoms with Gasteiger partial charge in [-0.05, 0) is 23.6 Å². The number of hydrogen-bond donors (Lipinski definition) is 1. The minimum Gasteiger partial charge on any atom is -0.323 e. The van der Waals surface area contributed by atoms with Crippen molar-refractivity contribution in [2.75, 3.05) is 0 Å². The average Bonchev–Trinajstić information content (AvgIpc) is 2.06.